The molecule has 0 aliphatic carbocycles. The number of aryl methyl sites for hydroxylation is 1. The van der Waals surface area contributed by atoms with Gasteiger partial charge in [-0.15, -0.1) is 0 Å². The first-order valence-corrected chi connectivity index (χ1v) is 6.21. The van der Waals surface area contributed by atoms with Gasteiger partial charge in [-0.1, -0.05) is 6.92 Å². The highest BCUT2D eigenvalue weighted by Gasteiger charge is 2.15. The Labute approximate surface area is 104 Å². The van der Waals surface area contributed by atoms with Crippen LogP contribution in [0.2, 0.25) is 0 Å². The molecule has 0 atom stereocenters. The van der Waals surface area contributed by atoms with E-state index in [9.17, 15) is 0 Å². The first kappa shape index (κ1) is 13.7. The van der Waals surface area contributed by atoms with Gasteiger partial charge in [0, 0.05) is 17.6 Å². The van der Waals surface area contributed by atoms with Gasteiger partial charge in [-0.2, -0.15) is 0 Å². The van der Waals surface area contributed by atoms with E-state index < -0.39 is 0 Å². The van der Waals surface area contributed by atoms with Crippen molar-refractivity contribution in [1.82, 2.24) is 9.97 Å². The summed E-state index contributed by atoms with van der Waals surface area (Å²) in [6.45, 7) is 13.4. The lowest BCUT2D eigenvalue weighted by atomic mass is 10.1. The number of nitrogens with one attached hydrogen (secondary N) is 2. The van der Waals surface area contributed by atoms with Crippen molar-refractivity contribution < 1.29 is 0 Å². The van der Waals surface area contributed by atoms with Gasteiger partial charge in [0.1, 0.15) is 17.5 Å². The van der Waals surface area contributed by atoms with Crippen LogP contribution in [-0.4, -0.2) is 22.1 Å². The average Bonchev–Trinajstić information content (AvgIpc) is 2.18. The molecule has 0 aromatic carbocycles. The molecular weight excluding hydrogens is 212 g/mol. The highest BCUT2D eigenvalue weighted by atomic mass is 15.1. The monoisotopic (exact) mass is 236 g/mol. The largest absolute Gasteiger partial charge is 0.370 e. The molecule has 0 saturated heterocycles. The minimum atomic E-state index is 0.00752. The first-order valence-electron chi connectivity index (χ1n) is 6.21. The Morgan fingerprint density at radius 1 is 1.06 bits per heavy atom. The zero-order valence-electron chi connectivity index (χ0n) is 11.8. The van der Waals surface area contributed by atoms with Gasteiger partial charge >= 0.3 is 0 Å². The predicted molar refractivity (Wildman–Crippen MR) is 73.7 cm³/mol. The average molecular weight is 236 g/mol. The van der Waals surface area contributed by atoms with Crippen LogP contribution >= 0.6 is 0 Å². The minimum Gasteiger partial charge on any atom is -0.370 e. The van der Waals surface area contributed by atoms with Gasteiger partial charge < -0.3 is 10.6 Å². The molecule has 0 radical (unpaired) electrons. The van der Waals surface area contributed by atoms with E-state index in [1.54, 1.807) is 0 Å². The van der Waals surface area contributed by atoms with Crippen molar-refractivity contribution in [3.05, 3.63) is 11.4 Å². The minimum absolute atomic E-state index is 0.00752. The quantitative estimate of drug-likeness (QED) is 0.843. The second kappa shape index (κ2) is 5.34. The summed E-state index contributed by atoms with van der Waals surface area (Å²) in [4.78, 5) is 8.90. The van der Waals surface area contributed by atoms with Gasteiger partial charge in [0.15, 0.2) is 0 Å². The topological polar surface area (TPSA) is 49.8 Å². The number of rotatable bonds is 4. The highest BCUT2D eigenvalue weighted by Crippen LogP contribution is 2.22. The lowest BCUT2D eigenvalue weighted by Gasteiger charge is -2.23. The maximum atomic E-state index is 4.46. The summed E-state index contributed by atoms with van der Waals surface area (Å²) in [6, 6.07) is 0. The smallest absolute Gasteiger partial charge is 0.135 e. The number of aromatic nitrogens is 2. The zero-order chi connectivity index (χ0) is 13.1. The second-order valence-corrected chi connectivity index (χ2v) is 5.39. The molecule has 4 nitrogen and oxygen atoms in total. The Balaban J connectivity index is 3.01. The third kappa shape index (κ3) is 4.21. The van der Waals surface area contributed by atoms with Crippen molar-refractivity contribution in [3.8, 4) is 0 Å². The standard InChI is InChI=1S/C13H24N4/c1-7-8-14-11-9(2)12(16-10(3)15-11)17-13(4,5)6/h7-8H2,1-6H3,(H2,14,15,16,17). The van der Waals surface area contributed by atoms with Crippen molar-refractivity contribution >= 4 is 11.6 Å². The first-order chi connectivity index (χ1) is 7.83. The molecule has 0 aliphatic rings. The van der Waals surface area contributed by atoms with E-state index in [2.05, 4.69) is 48.3 Å². The van der Waals surface area contributed by atoms with Gasteiger partial charge in [0.2, 0.25) is 0 Å². The Morgan fingerprint density at radius 2 is 1.65 bits per heavy atom. The molecule has 1 heterocycles. The molecule has 1 rings (SSSR count). The molecule has 17 heavy (non-hydrogen) atoms. The van der Waals surface area contributed by atoms with E-state index in [1.807, 2.05) is 13.8 Å². The lowest BCUT2D eigenvalue weighted by molar-refractivity contribution is 0.628. The fraction of sp³-hybridized carbons (Fsp3) is 0.692. The van der Waals surface area contributed by atoms with Crippen molar-refractivity contribution in [2.24, 2.45) is 0 Å². The summed E-state index contributed by atoms with van der Waals surface area (Å²) < 4.78 is 0. The Kier molecular flexibility index (Phi) is 4.32. The molecule has 1 aromatic heterocycles. The van der Waals surface area contributed by atoms with E-state index in [4.69, 9.17) is 0 Å². The molecule has 0 aliphatic heterocycles. The van der Waals surface area contributed by atoms with E-state index in [-0.39, 0.29) is 5.54 Å². The van der Waals surface area contributed by atoms with Crippen LogP contribution in [0.1, 0.15) is 45.5 Å². The third-order valence-corrected chi connectivity index (χ3v) is 2.29. The SMILES string of the molecule is CCCNc1nc(C)nc(NC(C)(C)C)c1C. The lowest BCUT2D eigenvalue weighted by Crippen LogP contribution is -2.27. The molecule has 0 bridgehead atoms. The van der Waals surface area contributed by atoms with Crippen LogP contribution in [0, 0.1) is 13.8 Å². The Morgan fingerprint density at radius 3 is 2.18 bits per heavy atom. The fourth-order valence-electron chi connectivity index (χ4n) is 1.52. The third-order valence-electron chi connectivity index (χ3n) is 2.29. The molecule has 0 fully saturated rings. The molecule has 4 heteroatoms. The molecule has 2 N–H and O–H groups in total. The zero-order valence-corrected chi connectivity index (χ0v) is 11.8. The van der Waals surface area contributed by atoms with E-state index in [0.717, 1.165) is 36.0 Å². The summed E-state index contributed by atoms with van der Waals surface area (Å²) in [5.74, 6) is 2.65. The fourth-order valence-corrected chi connectivity index (χ4v) is 1.52. The van der Waals surface area contributed by atoms with Crippen molar-refractivity contribution in [2.75, 3.05) is 17.2 Å². The van der Waals surface area contributed by atoms with Crippen LogP contribution in [0.15, 0.2) is 0 Å². The molecule has 0 saturated carbocycles. The number of hydrogen-bond acceptors (Lipinski definition) is 4. The van der Waals surface area contributed by atoms with Crippen molar-refractivity contribution in [3.63, 3.8) is 0 Å². The molecule has 0 spiro atoms. The summed E-state index contributed by atoms with van der Waals surface area (Å²) >= 11 is 0. The number of anilines is 2. The van der Waals surface area contributed by atoms with Crippen molar-refractivity contribution in [1.29, 1.82) is 0 Å². The van der Waals surface area contributed by atoms with Crippen LogP contribution < -0.4 is 10.6 Å². The molecule has 96 valence electrons. The van der Waals surface area contributed by atoms with Crippen LogP contribution in [-0.2, 0) is 0 Å². The van der Waals surface area contributed by atoms with Gasteiger partial charge in [-0.25, -0.2) is 9.97 Å². The number of hydrogen-bond donors (Lipinski definition) is 2. The maximum absolute atomic E-state index is 4.46. The van der Waals surface area contributed by atoms with Gasteiger partial charge in [0.25, 0.3) is 0 Å². The summed E-state index contributed by atoms with van der Waals surface area (Å²) in [5, 5.41) is 6.75. The Hall–Kier alpha value is -1.32. The van der Waals surface area contributed by atoms with Crippen LogP contribution in [0.3, 0.4) is 0 Å². The normalized spacial score (nSPS) is 11.4. The number of nitrogens with zero attached hydrogens (tertiary/aromatic N) is 2. The molecule has 0 amide bonds. The second-order valence-electron chi connectivity index (χ2n) is 5.39. The van der Waals surface area contributed by atoms with E-state index in [0.29, 0.717) is 0 Å². The Bertz CT molecular complexity index is 380. The van der Waals surface area contributed by atoms with Gasteiger partial charge in [0.05, 0.1) is 0 Å². The van der Waals surface area contributed by atoms with Crippen molar-refractivity contribution in [2.45, 2.75) is 53.5 Å². The van der Waals surface area contributed by atoms with Crippen LogP contribution in [0.4, 0.5) is 11.6 Å². The van der Waals surface area contributed by atoms with Gasteiger partial charge in [-0.3, -0.25) is 0 Å². The summed E-state index contributed by atoms with van der Waals surface area (Å²) in [5.41, 5.74) is 1.09. The molecule has 1 aromatic rings. The highest BCUT2D eigenvalue weighted by molar-refractivity contribution is 5.57. The van der Waals surface area contributed by atoms with Crippen LogP contribution in [0.5, 0.6) is 0 Å². The summed E-state index contributed by atoms with van der Waals surface area (Å²) in [6.07, 6.45) is 1.09. The van der Waals surface area contributed by atoms with Crippen LogP contribution in [0.25, 0.3) is 0 Å². The maximum Gasteiger partial charge on any atom is 0.135 e. The molecule has 0 unspecified atom stereocenters. The molecular formula is C13H24N4. The van der Waals surface area contributed by atoms with E-state index >= 15 is 0 Å². The van der Waals surface area contributed by atoms with Gasteiger partial charge in [-0.05, 0) is 41.0 Å². The predicted octanol–water partition coefficient (Wildman–Crippen LogP) is 3.13. The summed E-state index contributed by atoms with van der Waals surface area (Å²) in [7, 11) is 0. The van der Waals surface area contributed by atoms with E-state index in [1.165, 1.54) is 0 Å².